The zero-order valence-corrected chi connectivity index (χ0v) is 30.4. The number of fused-ring (bicyclic) bond motifs is 1. The van der Waals surface area contributed by atoms with Crippen molar-refractivity contribution in [3.05, 3.63) is 137 Å². The molecule has 0 spiro atoms. The number of aromatic amines is 1. The highest BCUT2D eigenvalue weighted by Gasteiger charge is 2.38. The summed E-state index contributed by atoms with van der Waals surface area (Å²) >= 11 is 0. The summed E-state index contributed by atoms with van der Waals surface area (Å²) in [6, 6.07) is 36.3. The van der Waals surface area contributed by atoms with E-state index in [0.717, 1.165) is 27.8 Å². The fourth-order valence-corrected chi connectivity index (χ4v) is 6.21. The zero-order valence-electron chi connectivity index (χ0n) is 30.4. The highest BCUT2D eigenvalue weighted by atomic mass is 16.7. The van der Waals surface area contributed by atoms with Crippen molar-refractivity contribution in [3.63, 3.8) is 0 Å². The predicted molar refractivity (Wildman–Crippen MR) is 204 cm³/mol. The molecule has 12 heteroatoms. The number of nitrogens with zero attached hydrogens (tertiary/aromatic N) is 5. The maximum absolute atomic E-state index is 14.4. The normalized spacial score (nSPS) is 12.8. The molecule has 0 atom stereocenters. The summed E-state index contributed by atoms with van der Waals surface area (Å²) in [5.74, 6) is 0.684. The molecule has 3 N–H and O–H groups in total. The van der Waals surface area contributed by atoms with Gasteiger partial charge in [-0.25, -0.2) is 14.9 Å². The minimum atomic E-state index is -0.889. The molecule has 1 aliphatic rings. The Hall–Kier alpha value is -6.14. The number of rotatable bonds is 12. The van der Waals surface area contributed by atoms with Crippen LogP contribution in [0.3, 0.4) is 0 Å². The molecule has 2 heterocycles. The first-order chi connectivity index (χ1) is 25.7. The van der Waals surface area contributed by atoms with Crippen molar-refractivity contribution in [2.75, 3.05) is 19.7 Å². The second-order valence-electron chi connectivity index (χ2n) is 13.6. The Bertz CT molecular complexity index is 1950. The Labute approximate surface area is 309 Å². The van der Waals surface area contributed by atoms with Gasteiger partial charge in [0.1, 0.15) is 17.0 Å². The molecule has 5 aromatic rings. The van der Waals surface area contributed by atoms with Crippen LogP contribution in [0.15, 0.2) is 120 Å². The number of hydrogen-bond acceptors (Lipinski definition) is 9. The summed E-state index contributed by atoms with van der Waals surface area (Å²) in [4.78, 5) is 37.9. The van der Waals surface area contributed by atoms with Gasteiger partial charge < -0.3 is 15.4 Å². The Balaban J connectivity index is 1.40. The van der Waals surface area contributed by atoms with Crippen molar-refractivity contribution >= 4 is 29.6 Å². The number of nitrogens with one attached hydrogen (secondary N) is 3. The van der Waals surface area contributed by atoms with Gasteiger partial charge in [-0.3, -0.25) is 9.63 Å². The summed E-state index contributed by atoms with van der Waals surface area (Å²) in [5.41, 5.74) is 4.03. The monoisotopic (exact) mass is 712 g/mol. The number of hydroxylamine groups is 2. The Morgan fingerprint density at radius 1 is 0.868 bits per heavy atom. The van der Waals surface area contributed by atoms with Crippen LogP contribution in [0.1, 0.15) is 62.8 Å². The molecule has 0 saturated heterocycles. The highest BCUT2D eigenvalue weighted by molar-refractivity contribution is 6.06. The molecule has 0 unspecified atom stereocenters. The summed E-state index contributed by atoms with van der Waals surface area (Å²) in [5, 5.41) is 22.5. The van der Waals surface area contributed by atoms with Crippen LogP contribution in [-0.2, 0) is 19.9 Å². The van der Waals surface area contributed by atoms with E-state index in [1.54, 1.807) is 20.8 Å². The highest BCUT2D eigenvalue weighted by Crippen LogP contribution is 2.39. The van der Waals surface area contributed by atoms with Crippen LogP contribution in [-0.4, -0.2) is 68.8 Å². The average Bonchev–Trinajstić information content (AvgIpc) is 3.64. The molecule has 2 amide bonds. The molecule has 12 nitrogen and oxygen atoms in total. The van der Waals surface area contributed by atoms with Crippen molar-refractivity contribution in [3.8, 4) is 11.4 Å². The lowest BCUT2D eigenvalue weighted by molar-refractivity contribution is -0.181. The summed E-state index contributed by atoms with van der Waals surface area (Å²) in [6.45, 7) is 7.93. The number of tetrazole rings is 1. The van der Waals surface area contributed by atoms with Gasteiger partial charge >= 0.3 is 6.09 Å². The van der Waals surface area contributed by atoms with Gasteiger partial charge in [-0.05, 0) is 61.2 Å². The molecule has 6 rings (SSSR count). The fraction of sp³-hybridized carbons (Fsp3) is 0.268. The maximum atomic E-state index is 14.4. The first-order valence-electron chi connectivity index (χ1n) is 17.7. The van der Waals surface area contributed by atoms with Crippen LogP contribution in [0.25, 0.3) is 17.5 Å². The standard InChI is InChI=1S/C41H44N8O4/c1-5-24-49(52-25-23-42-39(51)53-40(2,3)4)38(50)31-26-29-21-22-30(37-45-47-48-46-37)27-35(29)43-36(28-31)44-41(32-15-9-6-10-16-32,33-17-11-7-12-18-33)34-19-13-8-14-20-34/h6-22,26-27H,5,23-25,28H2,1-4H3,(H,42,51)(H,43,44)(H,45,46,47,48). The SMILES string of the molecule is CCCN(OCCNC(=O)OC(C)(C)C)C(=O)C1=Cc2ccc(-c3nn[nH]n3)cc2N=C(NC(c2ccccc2)(c2ccccc2)c2ccccc2)C1. The van der Waals surface area contributed by atoms with E-state index >= 15 is 0 Å². The van der Waals surface area contributed by atoms with Crippen molar-refractivity contribution in [1.29, 1.82) is 0 Å². The zero-order chi connectivity index (χ0) is 37.3. The van der Waals surface area contributed by atoms with Gasteiger partial charge in [-0.2, -0.15) is 5.21 Å². The van der Waals surface area contributed by atoms with Gasteiger partial charge in [0.25, 0.3) is 5.91 Å². The molecule has 0 aliphatic carbocycles. The second kappa shape index (κ2) is 16.5. The largest absolute Gasteiger partial charge is 0.444 e. The molecule has 272 valence electrons. The van der Waals surface area contributed by atoms with Crippen molar-refractivity contribution < 1.29 is 19.2 Å². The number of carbonyl (C=O) groups is 2. The molecule has 4 aromatic carbocycles. The predicted octanol–water partition coefficient (Wildman–Crippen LogP) is 6.96. The van der Waals surface area contributed by atoms with Crippen LogP contribution < -0.4 is 10.6 Å². The second-order valence-corrected chi connectivity index (χ2v) is 13.6. The van der Waals surface area contributed by atoms with E-state index in [1.165, 1.54) is 5.06 Å². The molecule has 1 aromatic heterocycles. The van der Waals surface area contributed by atoms with Gasteiger partial charge in [-0.1, -0.05) is 110 Å². The lowest BCUT2D eigenvalue weighted by atomic mass is 9.76. The van der Waals surface area contributed by atoms with Crippen molar-refractivity contribution in [1.82, 2.24) is 36.3 Å². The molecular weight excluding hydrogens is 669 g/mol. The summed E-state index contributed by atoms with van der Waals surface area (Å²) in [6.07, 6.45) is 2.12. The molecule has 0 saturated carbocycles. The minimum absolute atomic E-state index is 0.0707. The molecule has 1 aliphatic heterocycles. The molecule has 53 heavy (non-hydrogen) atoms. The van der Waals surface area contributed by atoms with E-state index in [0.29, 0.717) is 35.9 Å². The quantitative estimate of drug-likeness (QED) is 0.0715. The maximum Gasteiger partial charge on any atom is 0.407 e. The van der Waals surface area contributed by atoms with Crippen LogP contribution in [0.2, 0.25) is 0 Å². The Kier molecular flexibility index (Phi) is 11.4. The number of carbonyl (C=O) groups excluding carboxylic acids is 2. The molecule has 0 radical (unpaired) electrons. The summed E-state index contributed by atoms with van der Waals surface area (Å²) < 4.78 is 5.33. The van der Waals surface area contributed by atoms with E-state index < -0.39 is 17.2 Å². The van der Waals surface area contributed by atoms with Gasteiger partial charge in [0.15, 0.2) is 0 Å². The molecule has 0 fully saturated rings. The number of aromatic nitrogens is 4. The number of alkyl carbamates (subject to hydrolysis) is 1. The fourth-order valence-electron chi connectivity index (χ4n) is 6.21. The Morgan fingerprint density at radius 3 is 2.04 bits per heavy atom. The lowest BCUT2D eigenvalue weighted by Gasteiger charge is -2.38. The number of amides is 2. The number of benzene rings is 4. The number of H-pyrrole nitrogens is 1. The van der Waals surface area contributed by atoms with Gasteiger partial charge in [-0.15, -0.1) is 10.2 Å². The minimum Gasteiger partial charge on any atom is -0.444 e. The van der Waals surface area contributed by atoms with Crippen LogP contribution in [0, 0.1) is 0 Å². The topological polar surface area (TPSA) is 147 Å². The van der Waals surface area contributed by atoms with Gasteiger partial charge in [0.05, 0.1) is 12.3 Å². The Morgan fingerprint density at radius 2 is 1.49 bits per heavy atom. The van der Waals surface area contributed by atoms with E-state index in [-0.39, 0.29) is 25.5 Å². The molecular formula is C41H44N8O4. The smallest absolute Gasteiger partial charge is 0.407 e. The number of aliphatic imine (C=N–C) groups is 1. The molecule has 0 bridgehead atoms. The van der Waals surface area contributed by atoms with E-state index in [1.807, 2.05) is 85.8 Å². The summed E-state index contributed by atoms with van der Waals surface area (Å²) in [7, 11) is 0. The third-order valence-electron chi connectivity index (χ3n) is 8.47. The third-order valence-corrected chi connectivity index (χ3v) is 8.47. The third kappa shape index (κ3) is 8.85. The number of amidine groups is 1. The van der Waals surface area contributed by atoms with Crippen LogP contribution in [0.4, 0.5) is 10.5 Å². The van der Waals surface area contributed by atoms with E-state index in [9.17, 15) is 9.59 Å². The van der Waals surface area contributed by atoms with E-state index in [2.05, 4.69) is 67.7 Å². The van der Waals surface area contributed by atoms with Crippen LogP contribution >= 0.6 is 0 Å². The van der Waals surface area contributed by atoms with Crippen molar-refractivity contribution in [2.45, 2.75) is 51.7 Å². The van der Waals surface area contributed by atoms with Crippen molar-refractivity contribution in [2.24, 2.45) is 4.99 Å². The lowest BCUT2D eigenvalue weighted by Crippen LogP contribution is -2.48. The van der Waals surface area contributed by atoms with Crippen LogP contribution in [0.5, 0.6) is 0 Å². The average molecular weight is 713 g/mol. The number of hydrogen-bond donors (Lipinski definition) is 3. The van der Waals surface area contributed by atoms with Gasteiger partial charge in [0.2, 0.25) is 5.82 Å². The van der Waals surface area contributed by atoms with Gasteiger partial charge in [0, 0.05) is 36.2 Å². The van der Waals surface area contributed by atoms with E-state index in [4.69, 9.17) is 14.6 Å². The number of ether oxygens (including phenoxy) is 1. The first kappa shape index (κ1) is 36.6. The first-order valence-corrected chi connectivity index (χ1v) is 17.7.